The fourth-order valence-corrected chi connectivity index (χ4v) is 0.773. The summed E-state index contributed by atoms with van der Waals surface area (Å²) in [6.45, 7) is 7.63. The molecule has 0 saturated carbocycles. The summed E-state index contributed by atoms with van der Waals surface area (Å²) in [7, 11) is 0. The Morgan fingerprint density at radius 3 is 2.08 bits per heavy atom. The molecule has 0 spiro atoms. The lowest BCUT2D eigenvalue weighted by Crippen LogP contribution is -2.42. The topological polar surface area (TPSA) is 49.3 Å². The maximum Gasteiger partial charge on any atom is 0.222 e. The number of carbonyl (C=O) groups is 1. The number of hydrogen-bond donors (Lipinski definition) is 2. The molecule has 1 atom stereocenters. The van der Waals surface area contributed by atoms with Gasteiger partial charge in [-0.1, -0.05) is 27.7 Å². The maximum absolute atomic E-state index is 11.2. The van der Waals surface area contributed by atoms with E-state index < -0.39 is 0 Å². The quantitative estimate of drug-likeness (QED) is 0.660. The van der Waals surface area contributed by atoms with Gasteiger partial charge in [0.1, 0.15) is 0 Å². The molecule has 0 aliphatic carbocycles. The first-order valence-electron chi connectivity index (χ1n) is 4.40. The Balaban J connectivity index is 3.94. The highest BCUT2D eigenvalue weighted by Gasteiger charge is 2.16. The average molecular weight is 173 g/mol. The standard InChI is InChI=1S/C9H19NO2/c1-6(2)8(5-11)10-9(12)7(3)4/h6-8,11H,5H2,1-4H3,(H,10,12)/t8-/m1/s1. The lowest BCUT2D eigenvalue weighted by molar-refractivity contribution is -0.125. The van der Waals surface area contributed by atoms with E-state index in [1.54, 1.807) is 0 Å². The lowest BCUT2D eigenvalue weighted by atomic mass is 10.0. The summed E-state index contributed by atoms with van der Waals surface area (Å²) in [5, 5.41) is 11.7. The molecule has 0 saturated heterocycles. The highest BCUT2D eigenvalue weighted by Crippen LogP contribution is 2.02. The number of hydrogen-bond acceptors (Lipinski definition) is 2. The summed E-state index contributed by atoms with van der Waals surface area (Å²) in [6, 6.07) is -0.111. The van der Waals surface area contributed by atoms with Gasteiger partial charge in [0.15, 0.2) is 0 Å². The first kappa shape index (κ1) is 11.4. The number of carbonyl (C=O) groups excluding carboxylic acids is 1. The molecule has 0 heterocycles. The summed E-state index contributed by atoms with van der Waals surface area (Å²) in [5.74, 6) is 0.262. The van der Waals surface area contributed by atoms with Crippen LogP contribution in [0, 0.1) is 11.8 Å². The van der Waals surface area contributed by atoms with Gasteiger partial charge in [-0.15, -0.1) is 0 Å². The summed E-state index contributed by atoms with van der Waals surface area (Å²) < 4.78 is 0. The molecule has 0 rings (SSSR count). The fraction of sp³-hybridized carbons (Fsp3) is 0.889. The molecule has 0 aliphatic heterocycles. The van der Waals surface area contributed by atoms with E-state index in [1.807, 2.05) is 27.7 Å². The van der Waals surface area contributed by atoms with Gasteiger partial charge in [0.2, 0.25) is 5.91 Å². The highest BCUT2D eigenvalue weighted by atomic mass is 16.3. The van der Waals surface area contributed by atoms with Crippen molar-refractivity contribution in [1.82, 2.24) is 5.32 Å². The van der Waals surface area contributed by atoms with Crippen LogP contribution in [0.2, 0.25) is 0 Å². The molecule has 72 valence electrons. The predicted octanol–water partition coefficient (Wildman–Crippen LogP) is 0.775. The molecule has 0 aromatic carbocycles. The largest absolute Gasteiger partial charge is 0.394 e. The third-order valence-electron chi connectivity index (χ3n) is 1.85. The first-order chi connectivity index (χ1) is 5.49. The van der Waals surface area contributed by atoms with Crippen molar-refractivity contribution in [3.63, 3.8) is 0 Å². The second-order valence-electron chi connectivity index (χ2n) is 3.70. The maximum atomic E-state index is 11.2. The molecular weight excluding hydrogens is 154 g/mol. The van der Waals surface area contributed by atoms with E-state index >= 15 is 0 Å². The van der Waals surface area contributed by atoms with Crippen molar-refractivity contribution < 1.29 is 9.90 Å². The van der Waals surface area contributed by atoms with Crippen molar-refractivity contribution in [3.05, 3.63) is 0 Å². The van der Waals surface area contributed by atoms with Crippen LogP contribution in [0.1, 0.15) is 27.7 Å². The number of aliphatic hydroxyl groups is 1. The van der Waals surface area contributed by atoms with Crippen LogP contribution in [-0.2, 0) is 4.79 Å². The fourth-order valence-electron chi connectivity index (χ4n) is 0.773. The van der Waals surface area contributed by atoms with E-state index in [-0.39, 0.29) is 30.4 Å². The van der Waals surface area contributed by atoms with E-state index in [0.717, 1.165) is 0 Å². The Morgan fingerprint density at radius 1 is 1.33 bits per heavy atom. The molecule has 1 amide bonds. The number of nitrogens with one attached hydrogen (secondary N) is 1. The summed E-state index contributed by atoms with van der Waals surface area (Å²) >= 11 is 0. The number of amides is 1. The van der Waals surface area contributed by atoms with Crippen molar-refractivity contribution >= 4 is 5.91 Å². The Labute approximate surface area is 74.2 Å². The van der Waals surface area contributed by atoms with Gasteiger partial charge in [-0.05, 0) is 5.92 Å². The second-order valence-corrected chi connectivity index (χ2v) is 3.70. The molecule has 0 aromatic heterocycles. The Morgan fingerprint density at radius 2 is 1.83 bits per heavy atom. The van der Waals surface area contributed by atoms with Crippen LogP contribution in [0.25, 0.3) is 0 Å². The smallest absolute Gasteiger partial charge is 0.222 e. The zero-order valence-electron chi connectivity index (χ0n) is 8.29. The Kier molecular flexibility index (Phi) is 4.90. The molecule has 0 unspecified atom stereocenters. The Hall–Kier alpha value is -0.570. The zero-order chi connectivity index (χ0) is 9.72. The molecule has 3 heteroatoms. The molecule has 12 heavy (non-hydrogen) atoms. The van der Waals surface area contributed by atoms with Gasteiger partial charge in [0.25, 0.3) is 0 Å². The molecule has 0 aliphatic rings. The second kappa shape index (κ2) is 5.14. The third kappa shape index (κ3) is 3.72. The van der Waals surface area contributed by atoms with E-state index in [0.29, 0.717) is 0 Å². The minimum Gasteiger partial charge on any atom is -0.394 e. The molecule has 0 bridgehead atoms. The molecular formula is C9H19NO2. The Bertz CT molecular complexity index is 143. The molecule has 3 nitrogen and oxygen atoms in total. The summed E-state index contributed by atoms with van der Waals surface area (Å²) in [5.41, 5.74) is 0. The normalized spacial score (nSPS) is 13.6. The van der Waals surface area contributed by atoms with Crippen LogP contribution in [0.3, 0.4) is 0 Å². The van der Waals surface area contributed by atoms with Crippen molar-refractivity contribution in [3.8, 4) is 0 Å². The van der Waals surface area contributed by atoms with Gasteiger partial charge in [0, 0.05) is 5.92 Å². The first-order valence-corrected chi connectivity index (χ1v) is 4.40. The van der Waals surface area contributed by atoms with Gasteiger partial charge < -0.3 is 10.4 Å². The predicted molar refractivity (Wildman–Crippen MR) is 48.7 cm³/mol. The van der Waals surface area contributed by atoms with Crippen molar-refractivity contribution in [1.29, 1.82) is 0 Å². The highest BCUT2D eigenvalue weighted by molar-refractivity contribution is 5.78. The molecule has 2 N–H and O–H groups in total. The van der Waals surface area contributed by atoms with Crippen LogP contribution in [-0.4, -0.2) is 23.7 Å². The van der Waals surface area contributed by atoms with Crippen LogP contribution >= 0.6 is 0 Å². The van der Waals surface area contributed by atoms with Crippen LogP contribution in [0.5, 0.6) is 0 Å². The van der Waals surface area contributed by atoms with Gasteiger partial charge in [-0.3, -0.25) is 4.79 Å². The third-order valence-corrected chi connectivity index (χ3v) is 1.85. The van der Waals surface area contributed by atoms with E-state index in [2.05, 4.69) is 5.32 Å². The monoisotopic (exact) mass is 173 g/mol. The van der Waals surface area contributed by atoms with E-state index in [4.69, 9.17) is 5.11 Å². The minimum absolute atomic E-state index is 0.00255. The van der Waals surface area contributed by atoms with E-state index in [9.17, 15) is 4.79 Å². The SMILES string of the molecule is CC(C)C(=O)N[C@H](CO)C(C)C. The number of rotatable bonds is 4. The zero-order valence-corrected chi connectivity index (χ0v) is 8.29. The molecule has 0 radical (unpaired) electrons. The molecule has 0 fully saturated rings. The van der Waals surface area contributed by atoms with Crippen molar-refractivity contribution in [2.45, 2.75) is 33.7 Å². The summed E-state index contributed by atoms with van der Waals surface area (Å²) in [4.78, 5) is 11.2. The van der Waals surface area contributed by atoms with Crippen LogP contribution < -0.4 is 5.32 Å². The van der Waals surface area contributed by atoms with Crippen LogP contribution in [0.15, 0.2) is 0 Å². The van der Waals surface area contributed by atoms with Crippen LogP contribution in [0.4, 0.5) is 0 Å². The van der Waals surface area contributed by atoms with Gasteiger partial charge in [0.05, 0.1) is 12.6 Å². The summed E-state index contributed by atoms with van der Waals surface area (Å²) in [6.07, 6.45) is 0. The van der Waals surface area contributed by atoms with Crippen molar-refractivity contribution in [2.75, 3.05) is 6.61 Å². The minimum atomic E-state index is -0.111. The van der Waals surface area contributed by atoms with Crippen molar-refractivity contribution in [2.24, 2.45) is 11.8 Å². The van der Waals surface area contributed by atoms with Gasteiger partial charge in [-0.2, -0.15) is 0 Å². The van der Waals surface area contributed by atoms with E-state index in [1.165, 1.54) is 0 Å². The average Bonchev–Trinajstić information content (AvgIpc) is 1.98. The number of aliphatic hydroxyl groups excluding tert-OH is 1. The van der Waals surface area contributed by atoms with Gasteiger partial charge in [-0.25, -0.2) is 0 Å². The lowest BCUT2D eigenvalue weighted by Gasteiger charge is -2.20. The van der Waals surface area contributed by atoms with Gasteiger partial charge >= 0.3 is 0 Å². The molecule has 0 aromatic rings.